The highest BCUT2D eigenvalue weighted by atomic mass is 32.1. The van der Waals surface area contributed by atoms with Crippen molar-refractivity contribution in [2.45, 2.75) is 33.2 Å². The summed E-state index contributed by atoms with van der Waals surface area (Å²) in [6.07, 6.45) is 1.55. The lowest BCUT2D eigenvalue weighted by Gasteiger charge is -2.36. The fourth-order valence-electron chi connectivity index (χ4n) is 3.25. The van der Waals surface area contributed by atoms with Crippen molar-refractivity contribution in [2.24, 2.45) is 5.10 Å². The maximum absolute atomic E-state index is 13.4. The summed E-state index contributed by atoms with van der Waals surface area (Å²) in [5.74, 6) is -0.251. The molecule has 0 atom stereocenters. The van der Waals surface area contributed by atoms with Crippen LogP contribution in [0.1, 0.15) is 52.6 Å². The van der Waals surface area contributed by atoms with E-state index in [1.54, 1.807) is 49.5 Å². The second-order valence-electron chi connectivity index (χ2n) is 8.17. The minimum Gasteiger partial charge on any atom is -0.496 e. The fourth-order valence-corrected chi connectivity index (χ4v) is 3.43. The summed E-state index contributed by atoms with van der Waals surface area (Å²) in [5, 5.41) is 15.6. The Bertz CT molecular complexity index is 1050. The Labute approximate surface area is 187 Å². The average molecular weight is 440 g/mol. The monoisotopic (exact) mass is 440 g/mol. The third-order valence-electron chi connectivity index (χ3n) is 4.98. The summed E-state index contributed by atoms with van der Waals surface area (Å²) in [6.45, 7) is 7.24. The van der Waals surface area contributed by atoms with E-state index in [2.05, 4.69) is 23.3 Å². The molecule has 0 fully saturated rings. The molecule has 10 heteroatoms. The zero-order valence-corrected chi connectivity index (χ0v) is 19.0. The minimum absolute atomic E-state index is 0.312. The number of benzene rings is 2. The molecular weight excluding hydrogens is 415 g/mol. The van der Waals surface area contributed by atoms with Crippen LogP contribution in [0.25, 0.3) is 0 Å². The van der Waals surface area contributed by atoms with Crippen molar-refractivity contribution >= 4 is 43.4 Å². The first-order chi connectivity index (χ1) is 14.5. The zero-order chi connectivity index (χ0) is 22.9. The highest BCUT2D eigenvalue weighted by Gasteiger charge is 2.33. The van der Waals surface area contributed by atoms with Crippen LogP contribution in [-0.2, 0) is 0 Å². The third kappa shape index (κ3) is 4.54. The first kappa shape index (κ1) is 22.7. The molecule has 2 aromatic carbocycles. The third-order valence-corrected chi connectivity index (χ3v) is 5.30. The van der Waals surface area contributed by atoms with Crippen molar-refractivity contribution in [1.29, 1.82) is 0 Å². The van der Waals surface area contributed by atoms with Crippen LogP contribution in [-0.4, -0.2) is 52.1 Å². The molecule has 0 bridgehead atoms. The Balaban J connectivity index is 1.93. The molecule has 31 heavy (non-hydrogen) atoms. The van der Waals surface area contributed by atoms with Crippen molar-refractivity contribution in [3.8, 4) is 5.75 Å². The second kappa shape index (κ2) is 8.64. The number of thiol groups is 1. The van der Waals surface area contributed by atoms with Gasteiger partial charge in [-0.2, -0.15) is 5.10 Å². The molecule has 1 aliphatic rings. The molecule has 0 saturated carbocycles. The molecule has 0 radical (unpaired) electrons. The number of amides is 2. The Kier molecular flexibility index (Phi) is 6.33. The van der Waals surface area contributed by atoms with E-state index in [4.69, 9.17) is 4.74 Å². The van der Waals surface area contributed by atoms with Crippen LogP contribution in [0.3, 0.4) is 0 Å². The first-order valence-electron chi connectivity index (χ1n) is 9.68. The van der Waals surface area contributed by atoms with Gasteiger partial charge >= 0.3 is 7.05 Å². The summed E-state index contributed by atoms with van der Waals surface area (Å²) in [6, 6.07) is 10.1. The predicted octanol–water partition coefficient (Wildman–Crippen LogP) is 1.77. The molecule has 162 valence electrons. The maximum atomic E-state index is 13.4. The molecule has 0 saturated heterocycles. The number of hydrogen-bond acceptors (Lipinski definition) is 7. The summed E-state index contributed by atoms with van der Waals surface area (Å²) < 4.78 is 6.39. The average Bonchev–Trinajstić information content (AvgIpc) is 2.73. The van der Waals surface area contributed by atoms with E-state index in [9.17, 15) is 14.6 Å². The zero-order valence-electron chi connectivity index (χ0n) is 18.1. The summed E-state index contributed by atoms with van der Waals surface area (Å²) in [4.78, 5) is 26.4. The number of ether oxygens (including phenoxy) is 1. The number of carbonyl (C=O) groups excluding carboxylic acids is 2. The number of hydrogen-bond donors (Lipinski definition) is 3. The Hall–Kier alpha value is -2.98. The van der Waals surface area contributed by atoms with E-state index >= 15 is 0 Å². The topological polar surface area (TPSA) is 94.5 Å². The molecule has 2 amide bonds. The van der Waals surface area contributed by atoms with Gasteiger partial charge in [0, 0.05) is 16.7 Å². The van der Waals surface area contributed by atoms with Crippen LogP contribution in [0.4, 0.5) is 0 Å². The molecule has 0 unspecified atom stereocenters. The largest absolute Gasteiger partial charge is 0.496 e. The molecule has 3 rings (SSSR count). The molecule has 2 N–H and O–H groups in total. The number of nitrogens with one attached hydrogen (secondary N) is 1. The second-order valence-corrected chi connectivity index (χ2v) is 8.58. The predicted molar refractivity (Wildman–Crippen MR) is 124 cm³/mol. The van der Waals surface area contributed by atoms with Crippen molar-refractivity contribution < 1.29 is 19.3 Å². The number of fused-ring (bicyclic) bond motifs is 1. The molecule has 8 nitrogen and oxygen atoms in total. The van der Waals surface area contributed by atoms with Gasteiger partial charge in [-0.1, -0.05) is 24.9 Å². The highest BCUT2D eigenvalue weighted by molar-refractivity contribution is 7.79. The molecule has 2 aromatic rings. The van der Waals surface area contributed by atoms with E-state index in [0.717, 1.165) is 4.33 Å². The van der Waals surface area contributed by atoms with Gasteiger partial charge in [0.25, 0.3) is 11.8 Å². The van der Waals surface area contributed by atoms with E-state index in [1.165, 1.54) is 12.1 Å². The smallest absolute Gasteiger partial charge is 0.477 e. The molecule has 1 aliphatic heterocycles. The number of nitrogens with zero attached hydrogens (tertiary/aromatic N) is 3. The molecule has 0 spiro atoms. The number of hydrazone groups is 1. The lowest BCUT2D eigenvalue weighted by Crippen LogP contribution is -2.56. The van der Waals surface area contributed by atoms with Gasteiger partial charge in [0.1, 0.15) is 5.75 Å². The van der Waals surface area contributed by atoms with Gasteiger partial charge in [0.05, 0.1) is 18.9 Å². The van der Waals surface area contributed by atoms with Gasteiger partial charge in [-0.25, -0.2) is 5.01 Å². The molecular formula is C21H25BN4O4S. The molecule has 1 heterocycles. The van der Waals surface area contributed by atoms with Crippen molar-refractivity contribution in [3.63, 3.8) is 0 Å². The SMILES string of the molecule is COc1cccc(C(=O)NN(C(=O)c2ccc3c(c2)B(O)N(S)N=C3)C(C)(C)C)c1C. The van der Waals surface area contributed by atoms with Crippen LogP contribution >= 0.6 is 12.8 Å². The Morgan fingerprint density at radius 3 is 2.61 bits per heavy atom. The highest BCUT2D eigenvalue weighted by Crippen LogP contribution is 2.22. The van der Waals surface area contributed by atoms with Crippen LogP contribution in [0.15, 0.2) is 41.5 Å². The van der Waals surface area contributed by atoms with E-state index in [1.807, 2.05) is 20.8 Å². The van der Waals surface area contributed by atoms with Crippen molar-refractivity contribution in [2.75, 3.05) is 7.11 Å². The van der Waals surface area contributed by atoms with E-state index < -0.39 is 24.4 Å². The van der Waals surface area contributed by atoms with E-state index in [0.29, 0.717) is 33.5 Å². The lowest BCUT2D eigenvalue weighted by molar-refractivity contribution is 0.0358. The van der Waals surface area contributed by atoms with Gasteiger partial charge in [0.15, 0.2) is 0 Å². The van der Waals surface area contributed by atoms with E-state index in [-0.39, 0.29) is 0 Å². The van der Waals surface area contributed by atoms with Gasteiger partial charge in [-0.05, 0) is 63.0 Å². The Morgan fingerprint density at radius 2 is 1.97 bits per heavy atom. The lowest BCUT2D eigenvalue weighted by atomic mass is 9.71. The molecule has 0 aliphatic carbocycles. The van der Waals surface area contributed by atoms with Crippen LogP contribution in [0.5, 0.6) is 5.75 Å². The van der Waals surface area contributed by atoms with Crippen LogP contribution < -0.4 is 15.6 Å². The summed E-state index contributed by atoms with van der Waals surface area (Å²) in [7, 11) is 0.448. The normalized spacial score (nSPS) is 13.0. The number of rotatable bonds is 3. The number of hydrazine groups is 1. The number of carbonyl (C=O) groups is 2. The summed E-state index contributed by atoms with van der Waals surface area (Å²) in [5.41, 5.74) is 4.60. The quantitative estimate of drug-likeness (QED) is 0.384. The van der Waals surface area contributed by atoms with Crippen molar-refractivity contribution in [1.82, 2.24) is 14.8 Å². The maximum Gasteiger partial charge on any atom is 0.477 e. The van der Waals surface area contributed by atoms with Gasteiger partial charge in [-0.15, -0.1) is 0 Å². The fraction of sp³-hybridized carbons (Fsp3) is 0.286. The Morgan fingerprint density at radius 1 is 1.26 bits per heavy atom. The minimum atomic E-state index is -1.09. The van der Waals surface area contributed by atoms with Crippen molar-refractivity contribution in [3.05, 3.63) is 58.7 Å². The van der Waals surface area contributed by atoms with Gasteiger partial charge < -0.3 is 9.76 Å². The van der Waals surface area contributed by atoms with Crippen LogP contribution in [0, 0.1) is 6.92 Å². The first-order valence-corrected chi connectivity index (χ1v) is 10.1. The van der Waals surface area contributed by atoms with Crippen LogP contribution in [0.2, 0.25) is 0 Å². The van der Waals surface area contributed by atoms with Gasteiger partial charge in [0.2, 0.25) is 0 Å². The number of methoxy groups -OCH3 is 1. The summed E-state index contributed by atoms with van der Waals surface area (Å²) >= 11 is 4.09. The standard InChI is InChI=1S/C21H25BN4O4S/c1-13-16(7-6-8-18(13)30-5)19(27)24-25(21(2,3)4)20(28)14-9-10-15-12-23-26(31)22(29)17(15)11-14/h6-12,29,31H,1-5H3,(H,24,27). The molecule has 0 aromatic heterocycles. The van der Waals surface area contributed by atoms with Gasteiger partial charge in [-0.3, -0.25) is 19.3 Å².